The minimum Gasteiger partial charge on any atom is -0.394 e. The van der Waals surface area contributed by atoms with Gasteiger partial charge in [0.15, 0.2) is 0 Å². The van der Waals surface area contributed by atoms with Crippen molar-refractivity contribution in [2.24, 2.45) is 0 Å². The molecule has 0 aliphatic carbocycles. The van der Waals surface area contributed by atoms with E-state index in [1.165, 1.54) is 0 Å². The molecule has 5 nitrogen and oxygen atoms in total. The maximum absolute atomic E-state index is 11.3. The monoisotopic (exact) mass is 246 g/mol. The zero-order valence-electron chi connectivity index (χ0n) is 10.3. The van der Waals surface area contributed by atoms with Crippen molar-refractivity contribution in [1.82, 2.24) is 0 Å². The smallest absolute Gasteiger partial charge is 0.229 e. The first-order valence-corrected chi connectivity index (χ1v) is 6.08. The molecule has 0 saturated carbocycles. The van der Waals surface area contributed by atoms with Crippen LogP contribution in [0.4, 0.5) is 0 Å². The molecule has 0 aromatic carbocycles. The Bertz CT molecular complexity index is 239. The van der Waals surface area contributed by atoms with Gasteiger partial charge in [0, 0.05) is 6.42 Å². The lowest BCUT2D eigenvalue weighted by atomic mass is 10.0. The molecule has 2 atom stereocenters. The van der Waals surface area contributed by atoms with Gasteiger partial charge in [-0.15, -0.1) is 0 Å². The first-order chi connectivity index (χ1) is 8.04. The fourth-order valence-corrected chi connectivity index (χ4v) is 1.45. The van der Waals surface area contributed by atoms with Crippen molar-refractivity contribution in [3.8, 4) is 0 Å². The lowest BCUT2D eigenvalue weighted by Gasteiger charge is -2.13. The van der Waals surface area contributed by atoms with E-state index in [2.05, 4.69) is 6.92 Å². The average Bonchev–Trinajstić information content (AvgIpc) is 2.35. The summed E-state index contributed by atoms with van der Waals surface area (Å²) < 4.78 is 0. The van der Waals surface area contributed by atoms with Crippen molar-refractivity contribution < 1.29 is 24.9 Å². The van der Waals surface area contributed by atoms with E-state index in [4.69, 9.17) is 10.2 Å². The molecular formula is C12H22O5. The largest absolute Gasteiger partial charge is 0.394 e. The van der Waals surface area contributed by atoms with Crippen LogP contribution in [0.25, 0.3) is 0 Å². The molecular weight excluding hydrogens is 224 g/mol. The van der Waals surface area contributed by atoms with Crippen LogP contribution in [-0.4, -0.2) is 45.7 Å². The van der Waals surface area contributed by atoms with E-state index in [0.29, 0.717) is 6.42 Å². The molecule has 3 N–H and O–H groups in total. The summed E-state index contributed by atoms with van der Waals surface area (Å²) in [6.07, 6.45) is 1.45. The van der Waals surface area contributed by atoms with Gasteiger partial charge in [-0.25, -0.2) is 0 Å². The Morgan fingerprint density at radius 1 is 1.06 bits per heavy atom. The first-order valence-electron chi connectivity index (χ1n) is 6.08. The molecule has 0 aromatic heterocycles. The fourth-order valence-electron chi connectivity index (χ4n) is 1.45. The Labute approximate surface area is 101 Å². The average molecular weight is 246 g/mol. The van der Waals surface area contributed by atoms with Gasteiger partial charge < -0.3 is 15.3 Å². The van der Waals surface area contributed by atoms with Crippen LogP contribution in [-0.2, 0) is 9.59 Å². The topological polar surface area (TPSA) is 94.8 Å². The van der Waals surface area contributed by atoms with Crippen molar-refractivity contribution >= 4 is 11.6 Å². The van der Waals surface area contributed by atoms with Gasteiger partial charge in [-0.3, -0.25) is 9.59 Å². The molecule has 0 aliphatic heterocycles. The molecule has 0 aliphatic rings. The first kappa shape index (κ1) is 16.2. The Morgan fingerprint density at radius 2 is 1.65 bits per heavy atom. The summed E-state index contributed by atoms with van der Waals surface area (Å²) in [5.41, 5.74) is 0. The third kappa shape index (κ3) is 6.51. The Morgan fingerprint density at radius 3 is 2.18 bits per heavy atom. The van der Waals surface area contributed by atoms with Crippen molar-refractivity contribution in [2.45, 2.75) is 57.7 Å². The number of Topliss-reactive ketones (excluding diaryl/α,β-unsaturated/α-hetero) is 2. The number of hydrogen-bond acceptors (Lipinski definition) is 5. The molecule has 100 valence electrons. The Kier molecular flexibility index (Phi) is 8.85. The van der Waals surface area contributed by atoms with E-state index in [1.54, 1.807) is 0 Å². The maximum Gasteiger partial charge on any atom is 0.229 e. The van der Waals surface area contributed by atoms with Gasteiger partial charge in [-0.1, -0.05) is 32.6 Å². The fraction of sp³-hybridized carbons (Fsp3) is 0.833. The van der Waals surface area contributed by atoms with Gasteiger partial charge in [0.1, 0.15) is 12.2 Å². The maximum atomic E-state index is 11.3. The van der Waals surface area contributed by atoms with Crippen LogP contribution < -0.4 is 0 Å². The summed E-state index contributed by atoms with van der Waals surface area (Å²) in [5, 5.41) is 26.8. The summed E-state index contributed by atoms with van der Waals surface area (Å²) in [6, 6.07) is 0. The van der Waals surface area contributed by atoms with Crippen LogP contribution in [0.3, 0.4) is 0 Å². The number of unbranched alkanes of at least 4 members (excludes halogenated alkanes) is 4. The molecule has 17 heavy (non-hydrogen) atoms. The zero-order valence-corrected chi connectivity index (χ0v) is 10.3. The molecule has 0 saturated heterocycles. The predicted molar refractivity (Wildman–Crippen MR) is 62.5 cm³/mol. The second-order valence-corrected chi connectivity index (χ2v) is 4.15. The third-order valence-electron chi connectivity index (χ3n) is 2.60. The molecule has 0 aromatic rings. The number of hydrogen-bond donors (Lipinski definition) is 3. The number of carbonyl (C=O) groups is 2. The van der Waals surface area contributed by atoms with E-state index in [0.717, 1.165) is 25.7 Å². The van der Waals surface area contributed by atoms with Gasteiger partial charge in [0.2, 0.25) is 11.6 Å². The quantitative estimate of drug-likeness (QED) is 0.378. The van der Waals surface area contributed by atoms with E-state index in [1.807, 2.05) is 0 Å². The summed E-state index contributed by atoms with van der Waals surface area (Å²) in [5.74, 6) is -1.69. The molecule has 0 amide bonds. The molecule has 0 spiro atoms. The molecule has 0 rings (SSSR count). The highest BCUT2D eigenvalue weighted by molar-refractivity contribution is 6.38. The number of aliphatic hydroxyl groups is 3. The van der Waals surface area contributed by atoms with Crippen LogP contribution in [0.5, 0.6) is 0 Å². The van der Waals surface area contributed by atoms with Crippen LogP contribution in [0.2, 0.25) is 0 Å². The van der Waals surface area contributed by atoms with Gasteiger partial charge in [-0.2, -0.15) is 0 Å². The minimum atomic E-state index is -1.80. The lowest BCUT2D eigenvalue weighted by Crippen LogP contribution is -2.40. The summed E-state index contributed by atoms with van der Waals surface area (Å²) in [6.45, 7) is 1.35. The number of carbonyl (C=O) groups excluding carboxylic acids is 2. The number of aliphatic hydroxyl groups excluding tert-OH is 3. The van der Waals surface area contributed by atoms with E-state index in [-0.39, 0.29) is 6.42 Å². The SMILES string of the molecule is CCCCCCCC(=O)C(=O)C(O)C(O)CO. The summed E-state index contributed by atoms with van der Waals surface area (Å²) >= 11 is 0. The van der Waals surface area contributed by atoms with Crippen LogP contribution >= 0.6 is 0 Å². The highest BCUT2D eigenvalue weighted by atomic mass is 16.4. The third-order valence-corrected chi connectivity index (χ3v) is 2.60. The van der Waals surface area contributed by atoms with Gasteiger partial charge in [0.25, 0.3) is 0 Å². The van der Waals surface area contributed by atoms with E-state index in [9.17, 15) is 14.7 Å². The van der Waals surface area contributed by atoms with Crippen molar-refractivity contribution in [3.63, 3.8) is 0 Å². The Hall–Kier alpha value is -0.780. The minimum absolute atomic E-state index is 0.0950. The molecule has 5 heteroatoms. The van der Waals surface area contributed by atoms with Crippen LogP contribution in [0.1, 0.15) is 45.4 Å². The zero-order chi connectivity index (χ0) is 13.3. The molecule has 0 bridgehead atoms. The van der Waals surface area contributed by atoms with E-state index < -0.39 is 30.4 Å². The van der Waals surface area contributed by atoms with Crippen LogP contribution in [0.15, 0.2) is 0 Å². The molecule has 0 fully saturated rings. The normalized spacial score (nSPS) is 14.4. The predicted octanol–water partition coefficient (Wildman–Crippen LogP) is 0.199. The standard InChI is InChI=1S/C12H22O5/c1-2-3-4-5-6-7-9(14)11(16)12(17)10(15)8-13/h10,12-13,15,17H,2-8H2,1H3. The highest BCUT2D eigenvalue weighted by Gasteiger charge is 2.28. The lowest BCUT2D eigenvalue weighted by molar-refractivity contribution is -0.146. The van der Waals surface area contributed by atoms with Crippen LogP contribution in [0, 0.1) is 0 Å². The number of rotatable bonds is 10. The van der Waals surface area contributed by atoms with Gasteiger partial charge in [-0.05, 0) is 6.42 Å². The summed E-state index contributed by atoms with van der Waals surface area (Å²) in [4.78, 5) is 22.6. The molecule has 2 unspecified atom stereocenters. The summed E-state index contributed by atoms with van der Waals surface area (Å²) in [7, 11) is 0. The van der Waals surface area contributed by atoms with E-state index >= 15 is 0 Å². The second kappa shape index (κ2) is 9.27. The molecule has 0 radical (unpaired) electrons. The molecule has 0 heterocycles. The highest BCUT2D eigenvalue weighted by Crippen LogP contribution is 2.07. The van der Waals surface area contributed by atoms with Gasteiger partial charge in [0.05, 0.1) is 6.61 Å². The Balaban J connectivity index is 3.86. The van der Waals surface area contributed by atoms with Gasteiger partial charge >= 0.3 is 0 Å². The van der Waals surface area contributed by atoms with Crippen molar-refractivity contribution in [3.05, 3.63) is 0 Å². The van der Waals surface area contributed by atoms with Crippen molar-refractivity contribution in [2.75, 3.05) is 6.61 Å². The van der Waals surface area contributed by atoms with Crippen molar-refractivity contribution in [1.29, 1.82) is 0 Å². The number of ketones is 2. The second-order valence-electron chi connectivity index (χ2n) is 4.15.